The largest absolute Gasteiger partial charge is 0.380 e. The van der Waals surface area contributed by atoms with Crippen molar-refractivity contribution in [1.82, 2.24) is 5.32 Å². The molecule has 1 N–H and O–H groups in total. The first-order valence-electron chi connectivity index (χ1n) is 3.39. The van der Waals surface area contributed by atoms with Gasteiger partial charge in [-0.25, -0.2) is 0 Å². The van der Waals surface area contributed by atoms with Gasteiger partial charge in [-0.15, -0.1) is 0 Å². The van der Waals surface area contributed by atoms with Crippen molar-refractivity contribution in [3.05, 3.63) is 0 Å². The van der Waals surface area contributed by atoms with Crippen LogP contribution < -0.4 is 5.32 Å². The summed E-state index contributed by atoms with van der Waals surface area (Å²) in [4.78, 5) is 0. The van der Waals surface area contributed by atoms with Gasteiger partial charge in [0.25, 0.3) is 0 Å². The Morgan fingerprint density at radius 3 is 3.00 bits per heavy atom. The zero-order valence-electron chi connectivity index (χ0n) is 5.52. The van der Waals surface area contributed by atoms with E-state index >= 15 is 0 Å². The summed E-state index contributed by atoms with van der Waals surface area (Å²) in [5.41, 5.74) is 0. The summed E-state index contributed by atoms with van der Waals surface area (Å²) in [5.74, 6) is 0. The Labute approximate surface area is 59.4 Å². The average molecular weight is 142 g/mol. The van der Waals surface area contributed by atoms with E-state index in [1.165, 1.54) is 0 Å². The number of rotatable bonds is 5. The van der Waals surface area contributed by atoms with Gasteiger partial charge in [0.15, 0.2) is 0 Å². The van der Waals surface area contributed by atoms with Crippen molar-refractivity contribution in [1.29, 1.82) is 0 Å². The van der Waals surface area contributed by atoms with Crippen LogP contribution in [-0.2, 0) is 4.74 Å². The van der Waals surface area contributed by atoms with E-state index in [-0.39, 0.29) is 0 Å². The molecule has 0 aromatic heterocycles. The lowest BCUT2D eigenvalue weighted by Gasteiger charge is -1.98. The van der Waals surface area contributed by atoms with Crippen molar-refractivity contribution in [3.8, 4) is 0 Å². The molecule has 51 valence electrons. The SMILES string of the molecule is [Si]CCCOCC1CN1. The molecule has 1 unspecified atom stereocenters. The Hall–Kier alpha value is 0.137. The van der Waals surface area contributed by atoms with E-state index in [0.29, 0.717) is 6.04 Å². The molecule has 3 radical (unpaired) electrons. The smallest absolute Gasteiger partial charge is 0.0632 e. The lowest BCUT2D eigenvalue weighted by atomic mass is 10.5. The third kappa shape index (κ3) is 3.67. The lowest BCUT2D eigenvalue weighted by molar-refractivity contribution is 0.137. The lowest BCUT2D eigenvalue weighted by Crippen LogP contribution is -2.04. The Kier molecular flexibility index (Phi) is 3.25. The normalized spacial score (nSPS) is 24.3. The predicted octanol–water partition coefficient (Wildman–Crippen LogP) is -0.0483. The minimum atomic E-state index is 0.666. The fourth-order valence-corrected chi connectivity index (χ4v) is 0.745. The van der Waals surface area contributed by atoms with Gasteiger partial charge in [0.2, 0.25) is 0 Å². The maximum absolute atomic E-state index is 5.30. The Balaban J connectivity index is 1.71. The number of nitrogens with one attached hydrogen (secondary N) is 1. The van der Waals surface area contributed by atoms with Crippen LogP contribution in [0.4, 0.5) is 0 Å². The van der Waals surface area contributed by atoms with E-state index in [1.54, 1.807) is 0 Å². The summed E-state index contributed by atoms with van der Waals surface area (Å²) in [7, 11) is 3.38. The molecule has 2 nitrogen and oxygen atoms in total. The summed E-state index contributed by atoms with van der Waals surface area (Å²) in [6.45, 7) is 2.93. The molecule has 3 heteroatoms. The fourth-order valence-electron chi connectivity index (χ4n) is 0.601. The van der Waals surface area contributed by atoms with Crippen LogP contribution in [0, 0.1) is 0 Å². The molecule has 1 heterocycles. The highest BCUT2D eigenvalue weighted by atomic mass is 28.1. The summed E-state index contributed by atoms with van der Waals surface area (Å²) < 4.78 is 5.30. The third-order valence-corrected chi connectivity index (χ3v) is 1.63. The number of ether oxygens (including phenoxy) is 1. The standard InChI is InChI=1S/C6H12NOSi/c9-3-1-2-8-5-6-4-7-6/h6-7H,1-5H2. The van der Waals surface area contributed by atoms with Gasteiger partial charge in [-0.3, -0.25) is 0 Å². The van der Waals surface area contributed by atoms with E-state index < -0.39 is 0 Å². The highest BCUT2D eigenvalue weighted by Gasteiger charge is 2.18. The first-order chi connectivity index (χ1) is 4.43. The molecule has 1 saturated heterocycles. The minimum Gasteiger partial charge on any atom is -0.380 e. The highest BCUT2D eigenvalue weighted by molar-refractivity contribution is 6.08. The van der Waals surface area contributed by atoms with Crippen LogP contribution in [0.5, 0.6) is 0 Å². The van der Waals surface area contributed by atoms with Gasteiger partial charge in [-0.05, 0) is 6.42 Å². The van der Waals surface area contributed by atoms with Gasteiger partial charge in [-0.1, -0.05) is 6.04 Å². The van der Waals surface area contributed by atoms with Gasteiger partial charge in [0.1, 0.15) is 0 Å². The molecule has 1 fully saturated rings. The second kappa shape index (κ2) is 4.03. The molecule has 0 aromatic carbocycles. The maximum atomic E-state index is 5.30. The zero-order chi connectivity index (χ0) is 6.53. The average Bonchev–Trinajstić information content (AvgIpc) is 2.63. The van der Waals surface area contributed by atoms with Crippen LogP contribution in [0.15, 0.2) is 0 Å². The monoisotopic (exact) mass is 142 g/mol. The summed E-state index contributed by atoms with van der Waals surface area (Å²) in [6.07, 6.45) is 1.11. The molecule has 1 aliphatic rings. The summed E-state index contributed by atoms with van der Waals surface area (Å²) in [5, 5.41) is 3.17. The van der Waals surface area contributed by atoms with Crippen LogP contribution in [0.25, 0.3) is 0 Å². The second-order valence-electron chi connectivity index (χ2n) is 2.28. The van der Waals surface area contributed by atoms with Gasteiger partial charge in [0, 0.05) is 29.4 Å². The van der Waals surface area contributed by atoms with Crippen molar-refractivity contribution >= 4 is 10.2 Å². The van der Waals surface area contributed by atoms with E-state index in [9.17, 15) is 0 Å². The van der Waals surface area contributed by atoms with Crippen molar-refractivity contribution in [2.75, 3.05) is 19.8 Å². The molecule has 0 saturated carbocycles. The molecule has 1 aliphatic heterocycles. The highest BCUT2D eigenvalue weighted by Crippen LogP contribution is 1.97. The first-order valence-corrected chi connectivity index (χ1v) is 4.10. The van der Waals surface area contributed by atoms with Crippen molar-refractivity contribution in [2.45, 2.75) is 18.5 Å². The van der Waals surface area contributed by atoms with Crippen molar-refractivity contribution in [2.24, 2.45) is 0 Å². The Bertz CT molecular complexity index is 75.5. The molecule has 0 spiro atoms. The molecule has 9 heavy (non-hydrogen) atoms. The predicted molar refractivity (Wildman–Crippen MR) is 37.8 cm³/mol. The summed E-state index contributed by atoms with van der Waals surface area (Å²) in [6, 6.07) is 1.71. The van der Waals surface area contributed by atoms with Crippen molar-refractivity contribution in [3.63, 3.8) is 0 Å². The van der Waals surface area contributed by atoms with Crippen LogP contribution in [0.2, 0.25) is 6.04 Å². The quantitative estimate of drug-likeness (QED) is 0.331. The maximum Gasteiger partial charge on any atom is 0.0632 e. The van der Waals surface area contributed by atoms with E-state index in [4.69, 9.17) is 4.74 Å². The van der Waals surface area contributed by atoms with Gasteiger partial charge < -0.3 is 10.1 Å². The minimum absolute atomic E-state index is 0.666. The topological polar surface area (TPSA) is 31.2 Å². The van der Waals surface area contributed by atoms with E-state index in [1.807, 2.05) is 0 Å². The molecular formula is C6H12NOSi. The summed E-state index contributed by atoms with van der Waals surface area (Å²) >= 11 is 0. The molecular weight excluding hydrogens is 130 g/mol. The van der Waals surface area contributed by atoms with E-state index in [0.717, 1.165) is 32.2 Å². The van der Waals surface area contributed by atoms with Crippen LogP contribution in [0.1, 0.15) is 6.42 Å². The third-order valence-electron chi connectivity index (χ3n) is 1.28. The fraction of sp³-hybridized carbons (Fsp3) is 1.00. The zero-order valence-corrected chi connectivity index (χ0v) is 6.52. The Morgan fingerprint density at radius 2 is 2.44 bits per heavy atom. The first kappa shape index (κ1) is 7.25. The van der Waals surface area contributed by atoms with Crippen LogP contribution >= 0.6 is 0 Å². The van der Waals surface area contributed by atoms with Gasteiger partial charge in [-0.2, -0.15) is 0 Å². The van der Waals surface area contributed by atoms with Gasteiger partial charge >= 0.3 is 0 Å². The molecule has 0 aromatic rings. The van der Waals surface area contributed by atoms with Crippen LogP contribution in [0.3, 0.4) is 0 Å². The Morgan fingerprint density at radius 1 is 1.67 bits per heavy atom. The molecule has 0 bridgehead atoms. The van der Waals surface area contributed by atoms with Gasteiger partial charge in [0.05, 0.1) is 6.61 Å². The number of hydrogen-bond donors (Lipinski definition) is 1. The number of hydrogen-bond acceptors (Lipinski definition) is 2. The molecule has 1 atom stereocenters. The molecule has 0 amide bonds. The van der Waals surface area contributed by atoms with E-state index in [2.05, 4.69) is 15.6 Å². The second-order valence-corrected chi connectivity index (χ2v) is 2.78. The van der Waals surface area contributed by atoms with Crippen molar-refractivity contribution < 1.29 is 4.74 Å². The van der Waals surface area contributed by atoms with Crippen LogP contribution in [-0.4, -0.2) is 36.0 Å². The molecule has 0 aliphatic carbocycles. The molecule has 1 rings (SSSR count).